The van der Waals surface area contributed by atoms with Crippen molar-refractivity contribution in [3.63, 3.8) is 0 Å². The molecule has 2 aromatic rings. The number of aliphatic hydroxyl groups excluding tert-OH is 1. The van der Waals surface area contributed by atoms with E-state index in [-0.39, 0.29) is 0 Å². The average Bonchev–Trinajstić information content (AvgIpc) is 2.85. The van der Waals surface area contributed by atoms with E-state index in [1.165, 1.54) is 11.1 Å². The molecule has 1 aromatic heterocycles. The lowest BCUT2D eigenvalue weighted by Crippen LogP contribution is -2.13. The van der Waals surface area contributed by atoms with Crippen molar-refractivity contribution in [3.05, 3.63) is 51.8 Å². The highest BCUT2D eigenvalue weighted by molar-refractivity contribution is 9.10. The molecule has 2 rings (SSSR count). The molecule has 114 valence electrons. The van der Waals surface area contributed by atoms with E-state index in [0.29, 0.717) is 19.6 Å². The van der Waals surface area contributed by atoms with Crippen LogP contribution >= 0.6 is 15.9 Å². The number of benzene rings is 1. The summed E-state index contributed by atoms with van der Waals surface area (Å²) in [6.45, 7) is 3.29. The van der Waals surface area contributed by atoms with E-state index < -0.39 is 6.10 Å². The van der Waals surface area contributed by atoms with Crippen LogP contribution in [-0.2, 0) is 17.7 Å². The molecular formula is C16H21BrN2O2. The second kappa shape index (κ2) is 7.73. The maximum absolute atomic E-state index is 10.5. The zero-order chi connectivity index (χ0) is 15.2. The summed E-state index contributed by atoms with van der Waals surface area (Å²) in [5.41, 5.74) is 3.30. The van der Waals surface area contributed by atoms with Crippen molar-refractivity contribution in [2.75, 3.05) is 13.7 Å². The van der Waals surface area contributed by atoms with E-state index in [9.17, 15) is 5.11 Å². The van der Waals surface area contributed by atoms with Crippen LogP contribution in [0.5, 0.6) is 0 Å². The zero-order valence-corrected chi connectivity index (χ0v) is 14.0. The molecule has 0 amide bonds. The summed E-state index contributed by atoms with van der Waals surface area (Å²) in [5.74, 6) is 0. The monoisotopic (exact) mass is 352 g/mol. The van der Waals surface area contributed by atoms with E-state index in [0.717, 1.165) is 16.6 Å². The van der Waals surface area contributed by atoms with Gasteiger partial charge in [0.05, 0.1) is 35.6 Å². The number of halogens is 1. The maximum atomic E-state index is 10.5. The first kappa shape index (κ1) is 16.2. The summed E-state index contributed by atoms with van der Waals surface area (Å²) < 4.78 is 7.71. The van der Waals surface area contributed by atoms with Gasteiger partial charge in [0, 0.05) is 7.11 Å². The smallest absolute Gasteiger partial charge is 0.0971 e. The van der Waals surface area contributed by atoms with E-state index in [1.807, 2.05) is 0 Å². The van der Waals surface area contributed by atoms with Crippen LogP contribution in [0, 0.1) is 6.92 Å². The van der Waals surface area contributed by atoms with Crippen molar-refractivity contribution in [2.24, 2.45) is 0 Å². The summed E-state index contributed by atoms with van der Waals surface area (Å²) in [6.07, 6.45) is 2.68. The predicted molar refractivity (Wildman–Crippen MR) is 86.3 cm³/mol. The molecule has 0 fully saturated rings. The number of aromatic nitrogens is 2. The third-order valence-corrected chi connectivity index (χ3v) is 4.09. The number of methoxy groups -OCH3 is 1. The molecule has 0 aliphatic rings. The van der Waals surface area contributed by atoms with Gasteiger partial charge in [-0.05, 0) is 41.3 Å². The third-order valence-electron chi connectivity index (χ3n) is 3.48. The fourth-order valence-electron chi connectivity index (χ4n) is 2.25. The number of hydrogen-bond donors (Lipinski definition) is 1. The average molecular weight is 353 g/mol. The Balaban J connectivity index is 2.01. The molecule has 5 heteroatoms. The highest BCUT2D eigenvalue weighted by Crippen LogP contribution is 2.26. The van der Waals surface area contributed by atoms with Crippen molar-refractivity contribution in [1.82, 2.24) is 9.78 Å². The second-order valence-electron chi connectivity index (χ2n) is 5.13. The molecule has 0 radical (unpaired) electrons. The van der Waals surface area contributed by atoms with Gasteiger partial charge in [-0.3, -0.25) is 4.68 Å². The van der Waals surface area contributed by atoms with Gasteiger partial charge in [-0.25, -0.2) is 0 Å². The summed E-state index contributed by atoms with van der Waals surface area (Å²) in [6, 6.07) is 8.42. The lowest BCUT2D eigenvalue weighted by Gasteiger charge is -2.14. The normalized spacial score (nSPS) is 12.6. The van der Waals surface area contributed by atoms with E-state index in [4.69, 9.17) is 4.74 Å². The Morgan fingerprint density at radius 1 is 1.33 bits per heavy atom. The van der Waals surface area contributed by atoms with Crippen LogP contribution in [0.4, 0.5) is 0 Å². The van der Waals surface area contributed by atoms with Gasteiger partial charge in [0.15, 0.2) is 0 Å². The van der Waals surface area contributed by atoms with Crippen LogP contribution in [0.1, 0.15) is 29.3 Å². The Labute approximate surface area is 133 Å². The summed E-state index contributed by atoms with van der Waals surface area (Å²) in [5, 5.41) is 14.7. The maximum Gasteiger partial charge on any atom is 0.0971 e. The Hall–Kier alpha value is -1.17. The third kappa shape index (κ3) is 4.40. The van der Waals surface area contributed by atoms with Gasteiger partial charge in [-0.15, -0.1) is 0 Å². The number of nitrogens with zero attached hydrogens (tertiary/aromatic N) is 2. The molecule has 4 nitrogen and oxygen atoms in total. The van der Waals surface area contributed by atoms with Crippen molar-refractivity contribution in [3.8, 4) is 0 Å². The molecule has 0 bridgehead atoms. The largest absolute Gasteiger partial charge is 0.387 e. The van der Waals surface area contributed by atoms with Crippen LogP contribution in [0.2, 0.25) is 0 Å². The van der Waals surface area contributed by atoms with Crippen LogP contribution in [-0.4, -0.2) is 28.6 Å². The molecule has 0 spiro atoms. The molecule has 0 saturated heterocycles. The van der Waals surface area contributed by atoms with Gasteiger partial charge >= 0.3 is 0 Å². The van der Waals surface area contributed by atoms with Gasteiger partial charge in [-0.2, -0.15) is 5.10 Å². The molecule has 0 aliphatic heterocycles. The van der Waals surface area contributed by atoms with Crippen LogP contribution in [0.25, 0.3) is 0 Å². The van der Waals surface area contributed by atoms with Crippen molar-refractivity contribution < 1.29 is 9.84 Å². The summed E-state index contributed by atoms with van der Waals surface area (Å²) >= 11 is 3.46. The fraction of sp³-hybridized carbons (Fsp3) is 0.438. The quantitative estimate of drug-likeness (QED) is 0.831. The zero-order valence-electron chi connectivity index (χ0n) is 12.4. The molecule has 1 unspecified atom stereocenters. The van der Waals surface area contributed by atoms with Gasteiger partial charge < -0.3 is 9.84 Å². The van der Waals surface area contributed by atoms with Gasteiger partial charge in [0.25, 0.3) is 0 Å². The Morgan fingerprint density at radius 2 is 2.05 bits per heavy atom. The number of aryl methyl sites for hydroxylation is 2. The number of hydrogen-bond acceptors (Lipinski definition) is 3. The molecule has 1 heterocycles. The minimum absolute atomic E-state index is 0.542. The molecular weight excluding hydrogens is 332 g/mol. The van der Waals surface area contributed by atoms with Crippen molar-refractivity contribution in [1.29, 1.82) is 0 Å². The number of aliphatic hydroxyl groups is 1. The topological polar surface area (TPSA) is 47.3 Å². The van der Waals surface area contributed by atoms with Crippen LogP contribution in [0.3, 0.4) is 0 Å². The second-order valence-corrected chi connectivity index (χ2v) is 5.99. The molecule has 1 aromatic carbocycles. The summed E-state index contributed by atoms with van der Waals surface area (Å²) in [7, 11) is 1.66. The molecule has 0 saturated carbocycles. The highest BCUT2D eigenvalue weighted by atomic mass is 79.9. The van der Waals surface area contributed by atoms with Crippen LogP contribution < -0.4 is 0 Å². The summed E-state index contributed by atoms with van der Waals surface area (Å²) in [4.78, 5) is 0. The molecule has 1 N–H and O–H groups in total. The van der Waals surface area contributed by atoms with E-state index in [2.05, 4.69) is 52.2 Å². The van der Waals surface area contributed by atoms with E-state index >= 15 is 0 Å². The first-order valence-corrected chi connectivity index (χ1v) is 7.85. The standard InChI is InChI=1S/C16H21BrN2O2/c1-12-3-5-13(6-4-12)7-8-15(20)16-14(17)11-18-19(16)9-10-21-2/h3-6,11,15,20H,7-10H2,1-2H3. The van der Waals surface area contributed by atoms with Crippen molar-refractivity contribution >= 4 is 15.9 Å². The lowest BCUT2D eigenvalue weighted by atomic mass is 10.0. The molecule has 21 heavy (non-hydrogen) atoms. The van der Waals surface area contributed by atoms with E-state index in [1.54, 1.807) is 18.0 Å². The van der Waals surface area contributed by atoms with Gasteiger partial charge in [0.2, 0.25) is 0 Å². The van der Waals surface area contributed by atoms with Gasteiger partial charge in [0.1, 0.15) is 0 Å². The SMILES string of the molecule is COCCn1ncc(Br)c1C(O)CCc1ccc(C)cc1. The lowest BCUT2D eigenvalue weighted by molar-refractivity contribution is 0.145. The molecule has 0 aliphatic carbocycles. The first-order valence-electron chi connectivity index (χ1n) is 7.05. The van der Waals surface area contributed by atoms with Gasteiger partial charge in [-0.1, -0.05) is 29.8 Å². The Kier molecular flexibility index (Phi) is 5.96. The number of ether oxygens (including phenoxy) is 1. The predicted octanol–water partition coefficient (Wildman–Crippen LogP) is 3.27. The Morgan fingerprint density at radius 3 is 2.71 bits per heavy atom. The Bertz CT molecular complexity index is 566. The highest BCUT2D eigenvalue weighted by Gasteiger charge is 2.17. The van der Waals surface area contributed by atoms with Crippen molar-refractivity contribution in [2.45, 2.75) is 32.4 Å². The molecule has 1 atom stereocenters. The van der Waals surface area contributed by atoms with Crippen LogP contribution in [0.15, 0.2) is 34.9 Å². The fourth-order valence-corrected chi connectivity index (χ4v) is 2.81. The number of rotatable bonds is 7. The minimum Gasteiger partial charge on any atom is -0.387 e. The first-order chi connectivity index (χ1) is 10.1. The minimum atomic E-state index is -0.542.